The molecule has 3 nitrogen and oxygen atoms in total. The van der Waals surface area contributed by atoms with Crippen molar-refractivity contribution in [3.8, 4) is 0 Å². The second-order valence-electron chi connectivity index (χ2n) is 6.41. The maximum Gasteiger partial charge on any atom is 0.235 e. The number of hydrogen-bond donors (Lipinski definition) is 1. The summed E-state index contributed by atoms with van der Waals surface area (Å²) >= 11 is 5.67. The van der Waals surface area contributed by atoms with Gasteiger partial charge < -0.3 is 5.32 Å². The molecule has 1 saturated carbocycles. The minimum Gasteiger partial charge on any atom is -0.351 e. The number of amides is 1. The fourth-order valence-electron chi connectivity index (χ4n) is 3.40. The zero-order valence-electron chi connectivity index (χ0n) is 13.6. The van der Waals surface area contributed by atoms with Crippen LogP contribution in [-0.4, -0.2) is 34.8 Å². The van der Waals surface area contributed by atoms with E-state index in [0.29, 0.717) is 12.1 Å². The van der Waals surface area contributed by atoms with Gasteiger partial charge in [0.15, 0.2) is 0 Å². The topological polar surface area (TPSA) is 32.3 Å². The Labute approximate surface area is 139 Å². The van der Waals surface area contributed by atoms with E-state index in [-0.39, 0.29) is 17.8 Å². The summed E-state index contributed by atoms with van der Waals surface area (Å²) in [7, 11) is 0. The average Bonchev–Trinajstić information content (AvgIpc) is 2.54. The molecule has 1 fully saturated rings. The molecule has 0 bridgehead atoms. The van der Waals surface area contributed by atoms with Gasteiger partial charge in [0.25, 0.3) is 0 Å². The predicted octanol–water partition coefficient (Wildman–Crippen LogP) is 3.56. The van der Waals surface area contributed by atoms with Crippen molar-refractivity contribution in [3.63, 3.8) is 0 Å². The van der Waals surface area contributed by atoms with Crippen LogP contribution >= 0.6 is 11.6 Å². The molecule has 122 valence electrons. The minimum absolute atomic E-state index is 0.0452. The lowest BCUT2D eigenvalue weighted by molar-refractivity contribution is -0.120. The van der Waals surface area contributed by atoms with E-state index in [4.69, 9.17) is 11.6 Å². The van der Waals surface area contributed by atoms with Crippen LogP contribution in [0.15, 0.2) is 30.3 Å². The van der Waals surface area contributed by atoms with Gasteiger partial charge in [0.05, 0.1) is 0 Å². The summed E-state index contributed by atoms with van der Waals surface area (Å²) in [5, 5.41) is 3.13. The highest BCUT2D eigenvalue weighted by Gasteiger charge is 2.32. The van der Waals surface area contributed by atoms with Gasteiger partial charge in [-0.3, -0.25) is 9.69 Å². The fraction of sp³-hybridized carbons (Fsp3) is 0.611. The largest absolute Gasteiger partial charge is 0.351 e. The van der Waals surface area contributed by atoms with E-state index in [1.165, 1.54) is 18.4 Å². The summed E-state index contributed by atoms with van der Waals surface area (Å²) in [4.78, 5) is 14.2. The first-order valence-electron chi connectivity index (χ1n) is 8.27. The van der Waals surface area contributed by atoms with Crippen molar-refractivity contribution in [2.45, 2.75) is 64.2 Å². The Bertz CT molecular complexity index is 463. The Morgan fingerprint density at radius 3 is 2.59 bits per heavy atom. The number of rotatable bonds is 6. The smallest absolute Gasteiger partial charge is 0.235 e. The van der Waals surface area contributed by atoms with Crippen LogP contribution in [-0.2, 0) is 11.3 Å². The van der Waals surface area contributed by atoms with Crippen LogP contribution in [0.5, 0.6) is 0 Å². The van der Waals surface area contributed by atoms with Crippen LogP contribution in [0.1, 0.15) is 45.1 Å². The molecule has 1 amide bonds. The first-order valence-corrected chi connectivity index (χ1v) is 8.80. The maximum absolute atomic E-state index is 11.7. The van der Waals surface area contributed by atoms with Crippen LogP contribution < -0.4 is 5.32 Å². The summed E-state index contributed by atoms with van der Waals surface area (Å²) in [6.07, 6.45) is 4.60. The van der Waals surface area contributed by atoms with Gasteiger partial charge in [-0.2, -0.15) is 0 Å². The number of alkyl halides is 1. The molecule has 1 aliphatic rings. The molecule has 22 heavy (non-hydrogen) atoms. The SMILES string of the molecule is CC(C)N(Cc1ccccc1)[C@@H]1CCCC[C@H]1NC(=O)CCl. The molecule has 0 aromatic heterocycles. The van der Waals surface area contributed by atoms with Gasteiger partial charge in [-0.05, 0) is 32.3 Å². The molecule has 4 heteroatoms. The zero-order valence-corrected chi connectivity index (χ0v) is 14.4. The highest BCUT2D eigenvalue weighted by Crippen LogP contribution is 2.26. The third kappa shape index (κ3) is 4.72. The summed E-state index contributed by atoms with van der Waals surface area (Å²) in [6, 6.07) is 11.6. The van der Waals surface area contributed by atoms with Crippen molar-refractivity contribution >= 4 is 17.5 Å². The summed E-state index contributed by atoms with van der Waals surface area (Å²) in [5.41, 5.74) is 1.32. The lowest BCUT2D eigenvalue weighted by Crippen LogP contribution is -2.55. The van der Waals surface area contributed by atoms with Crippen LogP contribution in [0, 0.1) is 0 Å². The van der Waals surface area contributed by atoms with Crippen LogP contribution in [0.3, 0.4) is 0 Å². The lowest BCUT2D eigenvalue weighted by Gasteiger charge is -2.42. The summed E-state index contributed by atoms with van der Waals surface area (Å²) in [5.74, 6) is -0.00850. The summed E-state index contributed by atoms with van der Waals surface area (Å²) in [6.45, 7) is 5.40. The molecule has 1 aromatic rings. The third-order valence-electron chi connectivity index (χ3n) is 4.49. The van der Waals surface area contributed by atoms with E-state index in [0.717, 1.165) is 19.4 Å². The van der Waals surface area contributed by atoms with Crippen molar-refractivity contribution in [3.05, 3.63) is 35.9 Å². The molecule has 0 radical (unpaired) electrons. The zero-order chi connectivity index (χ0) is 15.9. The van der Waals surface area contributed by atoms with Crippen LogP contribution in [0.4, 0.5) is 0 Å². The van der Waals surface area contributed by atoms with Crippen LogP contribution in [0.25, 0.3) is 0 Å². The predicted molar refractivity (Wildman–Crippen MR) is 92.0 cm³/mol. The van der Waals surface area contributed by atoms with E-state index in [1.54, 1.807) is 0 Å². The molecule has 1 aliphatic carbocycles. The second kappa shape index (κ2) is 8.54. The summed E-state index contributed by atoms with van der Waals surface area (Å²) < 4.78 is 0. The molecule has 1 aromatic carbocycles. The van der Waals surface area contributed by atoms with Crippen LogP contribution in [0.2, 0.25) is 0 Å². The van der Waals surface area contributed by atoms with E-state index in [9.17, 15) is 4.79 Å². The number of hydrogen-bond acceptors (Lipinski definition) is 2. The Kier molecular flexibility index (Phi) is 6.71. The number of carbonyl (C=O) groups is 1. The van der Waals surface area contributed by atoms with E-state index >= 15 is 0 Å². The lowest BCUT2D eigenvalue weighted by atomic mass is 9.88. The van der Waals surface area contributed by atoms with Gasteiger partial charge in [-0.15, -0.1) is 11.6 Å². The van der Waals surface area contributed by atoms with E-state index in [2.05, 4.69) is 48.3 Å². The number of nitrogens with one attached hydrogen (secondary N) is 1. The van der Waals surface area contributed by atoms with Crippen molar-refractivity contribution in [2.24, 2.45) is 0 Å². The van der Waals surface area contributed by atoms with Crippen molar-refractivity contribution < 1.29 is 4.79 Å². The second-order valence-corrected chi connectivity index (χ2v) is 6.68. The highest BCUT2D eigenvalue weighted by atomic mass is 35.5. The monoisotopic (exact) mass is 322 g/mol. The van der Waals surface area contributed by atoms with Gasteiger partial charge in [-0.25, -0.2) is 0 Å². The van der Waals surface area contributed by atoms with Crippen molar-refractivity contribution in [2.75, 3.05) is 5.88 Å². The van der Waals surface area contributed by atoms with Gasteiger partial charge in [-0.1, -0.05) is 43.2 Å². The molecule has 1 N–H and O–H groups in total. The average molecular weight is 323 g/mol. The van der Waals surface area contributed by atoms with Gasteiger partial charge in [0, 0.05) is 24.7 Å². The Morgan fingerprint density at radius 2 is 1.95 bits per heavy atom. The first-order chi connectivity index (χ1) is 10.6. The van der Waals surface area contributed by atoms with Crippen molar-refractivity contribution in [1.29, 1.82) is 0 Å². The molecule has 0 aliphatic heterocycles. The van der Waals surface area contributed by atoms with Gasteiger partial charge in [0.1, 0.15) is 5.88 Å². The molecule has 2 rings (SSSR count). The molecular weight excluding hydrogens is 296 g/mol. The molecular formula is C18H27ClN2O. The number of benzene rings is 1. The molecule has 0 unspecified atom stereocenters. The van der Waals surface area contributed by atoms with Gasteiger partial charge in [0.2, 0.25) is 5.91 Å². The highest BCUT2D eigenvalue weighted by molar-refractivity contribution is 6.27. The quantitative estimate of drug-likeness (QED) is 0.812. The van der Waals surface area contributed by atoms with E-state index < -0.39 is 0 Å². The van der Waals surface area contributed by atoms with Crippen molar-refractivity contribution in [1.82, 2.24) is 10.2 Å². The Balaban J connectivity index is 2.11. The molecule has 0 heterocycles. The maximum atomic E-state index is 11.7. The third-order valence-corrected chi connectivity index (χ3v) is 4.74. The Hall–Kier alpha value is -1.06. The minimum atomic E-state index is -0.0537. The standard InChI is InChI=1S/C18H27ClN2O/c1-14(2)21(13-15-8-4-3-5-9-15)17-11-7-6-10-16(17)20-18(22)12-19/h3-5,8-9,14,16-17H,6-7,10-13H2,1-2H3,(H,20,22)/t16-,17-/m1/s1. The number of halogens is 1. The number of carbonyl (C=O) groups excluding carboxylic acids is 1. The van der Waals surface area contributed by atoms with Gasteiger partial charge >= 0.3 is 0 Å². The normalized spacial score (nSPS) is 22.0. The first kappa shape index (κ1) is 17.3. The fourth-order valence-corrected chi connectivity index (χ4v) is 3.48. The number of nitrogens with zero attached hydrogens (tertiary/aromatic N) is 1. The molecule has 0 saturated heterocycles. The molecule has 0 spiro atoms. The Morgan fingerprint density at radius 1 is 1.27 bits per heavy atom. The van der Waals surface area contributed by atoms with E-state index in [1.807, 2.05) is 6.07 Å². The molecule has 2 atom stereocenters.